The summed E-state index contributed by atoms with van der Waals surface area (Å²) in [5.41, 5.74) is 6.26. The highest BCUT2D eigenvalue weighted by Gasteiger charge is 2.10. The predicted octanol–water partition coefficient (Wildman–Crippen LogP) is 2.61. The summed E-state index contributed by atoms with van der Waals surface area (Å²) in [5.74, 6) is 1.42. The Morgan fingerprint density at radius 2 is 2.05 bits per heavy atom. The molecule has 1 aromatic carbocycles. The highest BCUT2D eigenvalue weighted by Crippen LogP contribution is 2.30. The number of benzene rings is 1. The van der Waals surface area contributed by atoms with E-state index in [-0.39, 0.29) is 5.11 Å². The number of anilines is 1. The van der Waals surface area contributed by atoms with Crippen molar-refractivity contribution in [3.8, 4) is 11.5 Å². The van der Waals surface area contributed by atoms with Crippen molar-refractivity contribution >= 4 is 23.0 Å². The average Bonchev–Trinajstić information content (AvgIpc) is 2.53. The van der Waals surface area contributed by atoms with Crippen molar-refractivity contribution in [1.82, 2.24) is 4.90 Å². The molecule has 1 aliphatic heterocycles. The monoisotopic (exact) mass is 323 g/mol. The van der Waals surface area contributed by atoms with Gasteiger partial charge in [0.15, 0.2) is 16.6 Å². The van der Waals surface area contributed by atoms with Crippen molar-refractivity contribution < 1.29 is 9.47 Å². The topological polar surface area (TPSA) is 59.8 Å². The van der Waals surface area contributed by atoms with Gasteiger partial charge in [-0.3, -0.25) is 0 Å². The minimum atomic E-state index is 0.234. The first-order chi connectivity index (χ1) is 10.7. The maximum atomic E-state index is 5.84. The van der Waals surface area contributed by atoms with Crippen LogP contribution in [0.2, 0.25) is 0 Å². The molecule has 6 heteroatoms. The first-order valence-electron chi connectivity index (χ1n) is 7.78. The summed E-state index contributed by atoms with van der Waals surface area (Å²) in [7, 11) is 1.63. The van der Waals surface area contributed by atoms with Crippen LogP contribution in [-0.2, 0) is 0 Å². The molecule has 1 aromatic rings. The number of rotatable bonds is 7. The lowest BCUT2D eigenvalue weighted by molar-refractivity contribution is 0.203. The normalized spacial score (nSPS) is 15.3. The highest BCUT2D eigenvalue weighted by molar-refractivity contribution is 7.80. The fourth-order valence-corrected chi connectivity index (χ4v) is 2.78. The van der Waals surface area contributed by atoms with Crippen LogP contribution in [0.4, 0.5) is 5.69 Å². The van der Waals surface area contributed by atoms with E-state index in [4.69, 9.17) is 27.4 Å². The van der Waals surface area contributed by atoms with Crippen LogP contribution < -0.4 is 20.5 Å². The first-order valence-corrected chi connectivity index (χ1v) is 8.19. The molecular formula is C16H25N3O2S. The third-order valence-electron chi connectivity index (χ3n) is 3.76. The fraction of sp³-hybridized carbons (Fsp3) is 0.562. The van der Waals surface area contributed by atoms with E-state index >= 15 is 0 Å². The number of methoxy groups -OCH3 is 1. The molecule has 1 fully saturated rings. The van der Waals surface area contributed by atoms with Gasteiger partial charge in [0.25, 0.3) is 0 Å². The van der Waals surface area contributed by atoms with Gasteiger partial charge in [-0.25, -0.2) is 0 Å². The highest BCUT2D eigenvalue weighted by atomic mass is 32.1. The van der Waals surface area contributed by atoms with Gasteiger partial charge in [-0.2, -0.15) is 0 Å². The molecular weight excluding hydrogens is 298 g/mol. The van der Waals surface area contributed by atoms with Gasteiger partial charge < -0.3 is 25.4 Å². The Hall–Kier alpha value is -1.53. The number of nitrogens with zero attached hydrogens (tertiary/aromatic N) is 1. The Labute approximate surface area is 137 Å². The summed E-state index contributed by atoms with van der Waals surface area (Å²) >= 11 is 4.83. The smallest absolute Gasteiger partial charge is 0.168 e. The molecule has 0 amide bonds. The van der Waals surface area contributed by atoms with Gasteiger partial charge >= 0.3 is 0 Å². The average molecular weight is 323 g/mol. The Morgan fingerprint density at radius 3 is 2.73 bits per heavy atom. The van der Waals surface area contributed by atoms with Crippen LogP contribution in [-0.4, -0.2) is 43.4 Å². The van der Waals surface area contributed by atoms with E-state index in [0.717, 1.165) is 24.4 Å². The van der Waals surface area contributed by atoms with Crippen molar-refractivity contribution in [2.24, 2.45) is 5.73 Å². The largest absolute Gasteiger partial charge is 0.493 e. The number of hydrogen-bond donors (Lipinski definition) is 2. The summed E-state index contributed by atoms with van der Waals surface area (Å²) in [4.78, 5) is 2.51. The molecule has 5 nitrogen and oxygen atoms in total. The molecule has 1 aliphatic rings. The van der Waals surface area contributed by atoms with Crippen LogP contribution in [0.25, 0.3) is 0 Å². The minimum absolute atomic E-state index is 0.234. The molecule has 0 unspecified atom stereocenters. The van der Waals surface area contributed by atoms with Gasteiger partial charge in [0, 0.05) is 18.3 Å². The lowest BCUT2D eigenvalue weighted by atomic mass is 10.1. The van der Waals surface area contributed by atoms with E-state index < -0.39 is 0 Å². The van der Waals surface area contributed by atoms with E-state index in [1.165, 1.54) is 32.4 Å². The van der Waals surface area contributed by atoms with Crippen molar-refractivity contribution in [2.45, 2.75) is 25.7 Å². The van der Waals surface area contributed by atoms with E-state index in [2.05, 4.69) is 10.2 Å². The molecule has 0 atom stereocenters. The lowest BCUT2D eigenvalue weighted by Gasteiger charge is -2.26. The van der Waals surface area contributed by atoms with Gasteiger partial charge in [-0.05, 0) is 56.7 Å². The number of nitrogens with one attached hydrogen (secondary N) is 1. The van der Waals surface area contributed by atoms with Crippen LogP contribution in [0.3, 0.4) is 0 Å². The maximum Gasteiger partial charge on any atom is 0.168 e. The van der Waals surface area contributed by atoms with Crippen LogP contribution in [0, 0.1) is 0 Å². The molecule has 22 heavy (non-hydrogen) atoms. The van der Waals surface area contributed by atoms with Crippen LogP contribution in [0.5, 0.6) is 11.5 Å². The molecule has 1 saturated heterocycles. The molecule has 1 heterocycles. The number of piperidine rings is 1. The molecule has 122 valence electrons. The van der Waals surface area contributed by atoms with Crippen LogP contribution >= 0.6 is 12.2 Å². The molecule has 0 radical (unpaired) electrons. The molecule has 0 saturated carbocycles. The summed E-state index contributed by atoms with van der Waals surface area (Å²) in [5, 5.41) is 3.12. The SMILES string of the molecule is COc1cc(NC(N)=S)ccc1OCCCN1CCCCC1. The Balaban J connectivity index is 1.79. The third kappa shape index (κ3) is 5.35. The lowest BCUT2D eigenvalue weighted by Crippen LogP contribution is -2.31. The van der Waals surface area contributed by atoms with Crippen molar-refractivity contribution in [3.05, 3.63) is 18.2 Å². The van der Waals surface area contributed by atoms with Crippen molar-refractivity contribution in [2.75, 3.05) is 38.7 Å². The molecule has 2 rings (SSSR count). The summed E-state index contributed by atoms with van der Waals surface area (Å²) in [6.07, 6.45) is 5.05. The molecule has 3 N–H and O–H groups in total. The number of ether oxygens (including phenoxy) is 2. The second kappa shape index (κ2) is 8.80. The van der Waals surface area contributed by atoms with Crippen molar-refractivity contribution in [3.63, 3.8) is 0 Å². The van der Waals surface area contributed by atoms with Gasteiger partial charge in [0.1, 0.15) is 0 Å². The van der Waals surface area contributed by atoms with E-state index in [0.29, 0.717) is 12.4 Å². The molecule has 0 aliphatic carbocycles. The number of hydrogen-bond acceptors (Lipinski definition) is 4. The van der Waals surface area contributed by atoms with Crippen molar-refractivity contribution in [1.29, 1.82) is 0 Å². The van der Waals surface area contributed by atoms with Crippen LogP contribution in [0.1, 0.15) is 25.7 Å². The fourth-order valence-electron chi connectivity index (χ4n) is 2.66. The summed E-state index contributed by atoms with van der Waals surface area (Å²) in [6, 6.07) is 5.58. The zero-order valence-electron chi connectivity index (χ0n) is 13.1. The summed E-state index contributed by atoms with van der Waals surface area (Å²) in [6.45, 7) is 4.24. The molecule has 0 bridgehead atoms. The zero-order valence-corrected chi connectivity index (χ0v) is 14.0. The zero-order chi connectivity index (χ0) is 15.8. The van der Waals surface area contributed by atoms with E-state index in [1.54, 1.807) is 7.11 Å². The Bertz CT molecular complexity index is 490. The summed E-state index contributed by atoms with van der Waals surface area (Å²) < 4.78 is 11.2. The quantitative estimate of drug-likeness (QED) is 0.594. The standard InChI is InChI=1S/C16H25N3O2S/c1-20-15-12-13(18-16(17)22)6-7-14(15)21-11-5-10-19-8-3-2-4-9-19/h6-7,12H,2-5,8-11H2,1H3,(H3,17,18,22). The minimum Gasteiger partial charge on any atom is -0.493 e. The third-order valence-corrected chi connectivity index (χ3v) is 3.86. The molecule has 0 aromatic heterocycles. The van der Waals surface area contributed by atoms with Gasteiger partial charge in [-0.15, -0.1) is 0 Å². The maximum absolute atomic E-state index is 5.84. The van der Waals surface area contributed by atoms with Gasteiger partial charge in [0.05, 0.1) is 13.7 Å². The van der Waals surface area contributed by atoms with E-state index in [9.17, 15) is 0 Å². The Morgan fingerprint density at radius 1 is 1.27 bits per heavy atom. The predicted molar refractivity (Wildman–Crippen MR) is 93.8 cm³/mol. The van der Waals surface area contributed by atoms with Gasteiger partial charge in [-0.1, -0.05) is 6.42 Å². The second-order valence-corrected chi connectivity index (χ2v) is 5.90. The van der Waals surface area contributed by atoms with Crippen LogP contribution in [0.15, 0.2) is 18.2 Å². The Kier molecular flexibility index (Phi) is 6.74. The number of thiocarbonyl (C=S) groups is 1. The molecule has 0 spiro atoms. The second-order valence-electron chi connectivity index (χ2n) is 5.46. The van der Waals surface area contributed by atoms with E-state index in [1.807, 2.05) is 18.2 Å². The first kappa shape index (κ1) is 16.8. The number of nitrogens with two attached hydrogens (primary N) is 1. The number of likely N-dealkylation sites (tertiary alicyclic amines) is 1. The van der Waals surface area contributed by atoms with Gasteiger partial charge in [0.2, 0.25) is 0 Å².